The van der Waals surface area contributed by atoms with Crippen LogP contribution in [0.15, 0.2) is 38.3 Å². The third-order valence-corrected chi connectivity index (χ3v) is 7.92. The van der Waals surface area contributed by atoms with Gasteiger partial charge < -0.3 is 35.7 Å². The molecule has 0 spiro atoms. The summed E-state index contributed by atoms with van der Waals surface area (Å²) in [7, 11) is -5.14. The van der Waals surface area contributed by atoms with Gasteiger partial charge in [0.25, 0.3) is 5.91 Å². The molecular weight excluding hydrogens is 646 g/mol. The van der Waals surface area contributed by atoms with Crippen molar-refractivity contribution >= 4 is 56.1 Å². The van der Waals surface area contributed by atoms with E-state index in [1.807, 2.05) is 0 Å². The zero-order chi connectivity index (χ0) is 33.4. The predicted molar refractivity (Wildman–Crippen MR) is 149 cm³/mol. The first kappa shape index (κ1) is 32.6. The second-order valence-corrected chi connectivity index (χ2v) is 12.0. The van der Waals surface area contributed by atoms with Crippen LogP contribution >= 0.6 is 11.3 Å². The fourth-order valence-electron chi connectivity index (χ4n) is 3.89. The number of carboxylic acid groups (broad SMARTS) is 1. The maximum Gasteiger partial charge on any atom is 0.362 e. The number of oxime groups is 1. The van der Waals surface area contributed by atoms with E-state index in [1.54, 1.807) is 0 Å². The van der Waals surface area contributed by atoms with Crippen LogP contribution in [-0.4, -0.2) is 94.9 Å². The second kappa shape index (κ2) is 12.0. The van der Waals surface area contributed by atoms with Gasteiger partial charge in [-0.3, -0.25) is 23.7 Å². The minimum Gasteiger partial charge on any atom is -0.503 e. The molecule has 22 heteroatoms. The van der Waals surface area contributed by atoms with Crippen LogP contribution in [0.4, 0.5) is 5.13 Å². The van der Waals surface area contributed by atoms with Crippen LogP contribution in [0.1, 0.15) is 36.5 Å². The minimum absolute atomic E-state index is 0.0181. The molecule has 4 heterocycles. The highest BCUT2D eigenvalue weighted by atomic mass is 32.2. The number of nitrogen functional groups attached to an aromatic ring is 1. The van der Waals surface area contributed by atoms with Gasteiger partial charge in [0.15, 0.2) is 28.1 Å². The van der Waals surface area contributed by atoms with Crippen molar-refractivity contribution in [3.8, 4) is 17.3 Å². The topological polar surface area (TPSA) is 307 Å². The lowest BCUT2D eigenvalue weighted by atomic mass is 9.84. The Morgan fingerprint density at radius 2 is 1.93 bits per heavy atom. The van der Waals surface area contributed by atoms with Crippen molar-refractivity contribution in [3.63, 3.8) is 0 Å². The van der Waals surface area contributed by atoms with Gasteiger partial charge in [0, 0.05) is 24.4 Å². The van der Waals surface area contributed by atoms with E-state index in [2.05, 4.69) is 20.4 Å². The molecule has 7 N–H and O–H groups in total. The van der Waals surface area contributed by atoms with Crippen LogP contribution in [-0.2, 0) is 29.5 Å². The zero-order valence-corrected chi connectivity index (χ0v) is 24.6. The Morgan fingerprint density at radius 3 is 2.53 bits per heavy atom. The van der Waals surface area contributed by atoms with Gasteiger partial charge in [-0.1, -0.05) is 5.16 Å². The summed E-state index contributed by atoms with van der Waals surface area (Å²) in [6, 6.07) is -0.704. The largest absolute Gasteiger partial charge is 0.503 e. The van der Waals surface area contributed by atoms with E-state index in [0.717, 1.165) is 37.5 Å². The number of hydrogen-bond donors (Lipinski definition) is 6. The normalized spacial score (nSPS) is 17.1. The van der Waals surface area contributed by atoms with E-state index in [-0.39, 0.29) is 20.8 Å². The molecule has 1 aliphatic heterocycles. The van der Waals surface area contributed by atoms with Crippen molar-refractivity contribution in [1.82, 2.24) is 24.3 Å². The van der Waals surface area contributed by atoms with Crippen molar-refractivity contribution in [2.75, 3.05) is 12.3 Å². The summed E-state index contributed by atoms with van der Waals surface area (Å²) < 4.78 is 38.9. The van der Waals surface area contributed by atoms with Crippen LogP contribution in [0.2, 0.25) is 0 Å². The summed E-state index contributed by atoms with van der Waals surface area (Å²) in [6.07, 6.45) is 0.761. The number of nitrogens with zero attached hydrogens (tertiary/aromatic N) is 5. The van der Waals surface area contributed by atoms with E-state index in [9.17, 15) is 52.4 Å². The van der Waals surface area contributed by atoms with E-state index >= 15 is 0 Å². The Kier molecular flexibility index (Phi) is 8.66. The van der Waals surface area contributed by atoms with E-state index in [0.29, 0.717) is 10.9 Å². The monoisotopic (exact) mass is 669 g/mol. The van der Waals surface area contributed by atoms with Crippen molar-refractivity contribution in [2.45, 2.75) is 31.9 Å². The molecular formula is C23H23N7O13S2. The number of hydrogen-bond acceptors (Lipinski definition) is 16. The summed E-state index contributed by atoms with van der Waals surface area (Å²) >= 11 is 0.916. The summed E-state index contributed by atoms with van der Waals surface area (Å²) in [4.78, 5) is 74.6. The van der Waals surface area contributed by atoms with Gasteiger partial charge in [0.1, 0.15) is 17.7 Å². The Bertz CT molecular complexity index is 1890. The van der Waals surface area contributed by atoms with Gasteiger partial charge in [-0.2, -0.15) is 13.1 Å². The number of aromatic hydroxyl groups is 1. The third kappa shape index (κ3) is 6.76. The highest BCUT2D eigenvalue weighted by Gasteiger charge is 2.54. The van der Waals surface area contributed by atoms with Crippen molar-refractivity contribution < 1.29 is 56.8 Å². The van der Waals surface area contributed by atoms with Crippen LogP contribution in [0.25, 0.3) is 11.6 Å². The first-order valence-corrected chi connectivity index (χ1v) is 14.6. The highest BCUT2D eigenvalue weighted by molar-refractivity contribution is 7.84. The lowest BCUT2D eigenvalue weighted by Crippen LogP contribution is -2.66. The Morgan fingerprint density at radius 1 is 1.24 bits per heavy atom. The van der Waals surface area contributed by atoms with Gasteiger partial charge in [-0.25, -0.2) is 19.1 Å². The Hall–Kier alpha value is -5.35. The molecule has 0 saturated carbocycles. The maximum absolute atomic E-state index is 13.3. The van der Waals surface area contributed by atoms with E-state index in [1.165, 1.54) is 5.38 Å². The average Bonchev–Trinajstić information content (AvgIpc) is 3.60. The fourth-order valence-corrected chi connectivity index (χ4v) is 5.37. The molecule has 2 amide bonds. The SMILES string of the molecule is CC(C)(O/N=C(\C(=O)C[C@@H]1C(=O)N(S(=O)(=O)O)[C@@H]1CNC(=O)c1coc(-c2cc(=O)c(O)cn2O)n1)c1csc(N)n1)C(=O)O. The van der Waals surface area contributed by atoms with Crippen molar-refractivity contribution in [1.29, 1.82) is 0 Å². The van der Waals surface area contributed by atoms with Crippen LogP contribution in [0, 0.1) is 5.92 Å². The maximum atomic E-state index is 13.3. The predicted octanol–water partition coefficient (Wildman–Crippen LogP) is -0.912. The summed E-state index contributed by atoms with van der Waals surface area (Å²) in [5, 5.41) is 35.8. The summed E-state index contributed by atoms with van der Waals surface area (Å²) in [6.45, 7) is 1.67. The number of pyridine rings is 1. The molecule has 3 aromatic rings. The number of nitrogens with two attached hydrogens (primary N) is 1. The Labute approximate surface area is 255 Å². The minimum atomic E-state index is -5.14. The Balaban J connectivity index is 1.54. The molecule has 45 heavy (non-hydrogen) atoms. The van der Waals surface area contributed by atoms with Crippen LogP contribution in [0.5, 0.6) is 5.75 Å². The number of ketones is 1. The quantitative estimate of drug-likeness (QED) is 0.0447. The van der Waals surface area contributed by atoms with Crippen LogP contribution < -0.4 is 16.5 Å². The number of carbonyl (C=O) groups is 4. The molecule has 3 aromatic heterocycles. The molecule has 4 rings (SSSR count). The standard InChI is InChI=1S/C23H23N7O13S2/c1-23(2,21(36)37)43-28-17(11-8-44-22(24)27-11)15(32)3-9-13(30(20(9)35)45(39,40)41)5-25-18(34)10-7-42-19(26-10)12-4-14(31)16(33)6-29(12)38/h4,6-9,13,33,38H,3,5H2,1-2H3,(H2,24,27)(H,25,34)(H,36,37)(H,39,40,41)/b28-17-/t9-,13+/m0/s1. The van der Waals surface area contributed by atoms with E-state index < -0.39 is 92.9 Å². The number of oxazole rings is 1. The first-order chi connectivity index (χ1) is 20.9. The number of carbonyl (C=O) groups excluding carboxylic acids is 3. The third-order valence-electron chi connectivity index (χ3n) is 6.30. The molecule has 1 saturated heterocycles. The van der Waals surface area contributed by atoms with E-state index in [4.69, 9.17) is 15.0 Å². The fraction of sp³-hybridized carbons (Fsp3) is 0.304. The van der Waals surface area contributed by atoms with Gasteiger partial charge in [-0.05, 0) is 13.8 Å². The summed E-state index contributed by atoms with van der Waals surface area (Å²) in [5.41, 5.74) is 1.47. The van der Waals surface area contributed by atoms with Crippen molar-refractivity contribution in [2.24, 2.45) is 11.1 Å². The molecule has 0 radical (unpaired) electrons. The molecule has 2 atom stereocenters. The number of rotatable bonds is 12. The van der Waals surface area contributed by atoms with Crippen molar-refractivity contribution in [3.05, 3.63) is 45.5 Å². The van der Waals surface area contributed by atoms with Gasteiger partial charge in [-0.15, -0.1) is 11.3 Å². The number of aliphatic carboxylic acids is 1. The average molecular weight is 670 g/mol. The molecule has 20 nitrogen and oxygen atoms in total. The number of nitrogens with one attached hydrogen (secondary N) is 1. The number of Topliss-reactive ketones (excluding diaryl/α,β-unsaturated/α-hetero) is 1. The summed E-state index contributed by atoms with van der Waals surface area (Å²) in [5.74, 6) is -7.14. The van der Waals surface area contributed by atoms with Gasteiger partial charge in [0.2, 0.25) is 22.8 Å². The molecule has 0 aliphatic carbocycles. The van der Waals surface area contributed by atoms with Crippen LogP contribution in [0.3, 0.4) is 0 Å². The first-order valence-electron chi connectivity index (χ1n) is 12.3. The number of anilines is 1. The molecule has 240 valence electrons. The lowest BCUT2D eigenvalue weighted by molar-refractivity contribution is -0.161. The zero-order valence-electron chi connectivity index (χ0n) is 23.0. The molecule has 1 fully saturated rings. The number of β-lactam (4-membered cyclic amide) rings is 1. The number of carboxylic acids is 1. The highest BCUT2D eigenvalue weighted by Crippen LogP contribution is 2.32. The van der Waals surface area contributed by atoms with Gasteiger partial charge >= 0.3 is 16.3 Å². The second-order valence-electron chi connectivity index (χ2n) is 9.83. The molecule has 0 unspecified atom stereocenters. The molecule has 1 aliphatic rings. The number of aromatic nitrogens is 3. The van der Waals surface area contributed by atoms with Gasteiger partial charge in [0.05, 0.1) is 18.2 Å². The number of thiazole rings is 1. The number of amides is 2. The lowest BCUT2D eigenvalue weighted by Gasteiger charge is -2.43. The smallest absolute Gasteiger partial charge is 0.362 e. The molecule has 0 aromatic carbocycles. The molecule has 0 bridgehead atoms.